The van der Waals surface area contributed by atoms with Crippen LogP contribution in [0.5, 0.6) is 11.5 Å². The average Bonchev–Trinajstić information content (AvgIpc) is 2.83. The van der Waals surface area contributed by atoms with Gasteiger partial charge in [0.25, 0.3) is 0 Å². The van der Waals surface area contributed by atoms with Crippen molar-refractivity contribution in [2.24, 2.45) is 0 Å². The summed E-state index contributed by atoms with van der Waals surface area (Å²) in [6.45, 7) is 2.99. The molecule has 4 rings (SSSR count). The van der Waals surface area contributed by atoms with E-state index in [1.165, 1.54) is 0 Å². The first-order valence-electron chi connectivity index (χ1n) is 10.5. The zero-order chi connectivity index (χ0) is 22.3. The van der Waals surface area contributed by atoms with E-state index in [4.69, 9.17) is 9.47 Å². The molecule has 0 saturated carbocycles. The molecule has 6 nitrogen and oxygen atoms in total. The van der Waals surface area contributed by atoms with Gasteiger partial charge in [0.15, 0.2) is 0 Å². The number of nitrogens with one attached hydrogen (secondary N) is 2. The minimum absolute atomic E-state index is 0.286. The first-order chi connectivity index (χ1) is 15.7. The lowest BCUT2D eigenvalue weighted by Gasteiger charge is -2.13. The smallest absolute Gasteiger partial charge is 0.319 e. The number of amides is 2. The van der Waals surface area contributed by atoms with Crippen LogP contribution in [0.25, 0.3) is 21.9 Å². The van der Waals surface area contributed by atoms with Crippen molar-refractivity contribution in [1.82, 2.24) is 10.3 Å². The molecule has 4 aromatic rings. The minimum Gasteiger partial charge on any atom is -0.497 e. The minimum atomic E-state index is -0.286. The molecule has 0 unspecified atom stereocenters. The number of benzene rings is 3. The van der Waals surface area contributed by atoms with Gasteiger partial charge in [0.05, 0.1) is 13.7 Å². The summed E-state index contributed by atoms with van der Waals surface area (Å²) < 4.78 is 10.7. The molecule has 3 aromatic carbocycles. The summed E-state index contributed by atoms with van der Waals surface area (Å²) >= 11 is 0. The molecule has 0 fully saturated rings. The van der Waals surface area contributed by atoms with Gasteiger partial charge in [-0.1, -0.05) is 30.3 Å². The number of carbonyl (C=O) groups excluding carboxylic acids is 1. The highest BCUT2D eigenvalue weighted by atomic mass is 16.5. The predicted molar refractivity (Wildman–Crippen MR) is 127 cm³/mol. The fraction of sp³-hybridized carbons (Fsp3) is 0.154. The van der Waals surface area contributed by atoms with Crippen molar-refractivity contribution >= 4 is 22.5 Å². The van der Waals surface area contributed by atoms with Gasteiger partial charge < -0.3 is 20.1 Å². The Morgan fingerprint density at radius 2 is 1.81 bits per heavy atom. The van der Waals surface area contributed by atoms with Crippen LogP contribution < -0.4 is 20.1 Å². The van der Waals surface area contributed by atoms with Crippen molar-refractivity contribution in [2.45, 2.75) is 13.5 Å². The van der Waals surface area contributed by atoms with Crippen LogP contribution >= 0.6 is 0 Å². The van der Waals surface area contributed by atoms with Crippen molar-refractivity contribution < 1.29 is 14.3 Å². The topological polar surface area (TPSA) is 72.5 Å². The highest BCUT2D eigenvalue weighted by Gasteiger charge is 2.10. The van der Waals surface area contributed by atoms with E-state index in [0.29, 0.717) is 24.6 Å². The number of fused-ring (bicyclic) bond motifs is 1. The largest absolute Gasteiger partial charge is 0.497 e. The molecule has 0 bridgehead atoms. The molecule has 1 aromatic heterocycles. The number of methoxy groups -OCH3 is 1. The van der Waals surface area contributed by atoms with Crippen LogP contribution in [0.3, 0.4) is 0 Å². The molecule has 0 aliphatic carbocycles. The number of hydrogen-bond donors (Lipinski definition) is 2. The first kappa shape index (κ1) is 21.2. The lowest BCUT2D eigenvalue weighted by Crippen LogP contribution is -2.28. The molecule has 32 heavy (non-hydrogen) atoms. The number of pyridine rings is 1. The molecule has 2 N–H and O–H groups in total. The van der Waals surface area contributed by atoms with Gasteiger partial charge in [-0.25, -0.2) is 4.79 Å². The van der Waals surface area contributed by atoms with Gasteiger partial charge in [-0.05, 0) is 59.3 Å². The Kier molecular flexibility index (Phi) is 6.51. The highest BCUT2D eigenvalue weighted by Crippen LogP contribution is 2.31. The summed E-state index contributed by atoms with van der Waals surface area (Å²) in [5, 5.41) is 7.83. The molecule has 0 saturated heterocycles. The molecular weight excluding hydrogens is 402 g/mol. The van der Waals surface area contributed by atoms with Gasteiger partial charge >= 0.3 is 6.03 Å². The molecule has 0 atom stereocenters. The standard InChI is InChI=1S/C26H25N3O3/c1-3-32-21-10-7-18(8-11-21)23-12-9-19(25-17-27-14-13-24(23)25)16-28-26(30)29-20-5-4-6-22(15-20)31-2/h4-15,17H,3,16H2,1-2H3,(H2,28,29,30). The summed E-state index contributed by atoms with van der Waals surface area (Å²) in [5.41, 5.74) is 3.86. The SMILES string of the molecule is CCOc1ccc(-c2ccc(CNC(=O)Nc3cccc(OC)c3)c3cnccc23)cc1. The van der Waals surface area contributed by atoms with Crippen LogP contribution in [0.2, 0.25) is 0 Å². The summed E-state index contributed by atoms with van der Waals surface area (Å²) in [4.78, 5) is 16.7. The third kappa shape index (κ3) is 4.81. The third-order valence-corrected chi connectivity index (χ3v) is 5.15. The Balaban J connectivity index is 1.52. The molecule has 0 spiro atoms. The van der Waals surface area contributed by atoms with E-state index in [1.54, 1.807) is 19.4 Å². The third-order valence-electron chi connectivity index (χ3n) is 5.15. The van der Waals surface area contributed by atoms with Crippen LogP contribution in [0.15, 0.2) is 79.1 Å². The normalized spacial score (nSPS) is 10.6. The maximum absolute atomic E-state index is 12.4. The number of anilines is 1. The van der Waals surface area contributed by atoms with Crippen LogP contribution in [0.4, 0.5) is 10.5 Å². The number of rotatable bonds is 7. The number of carbonyl (C=O) groups is 1. The van der Waals surface area contributed by atoms with E-state index in [-0.39, 0.29) is 6.03 Å². The molecular formula is C26H25N3O3. The highest BCUT2D eigenvalue weighted by molar-refractivity contribution is 5.98. The van der Waals surface area contributed by atoms with E-state index in [9.17, 15) is 4.79 Å². The van der Waals surface area contributed by atoms with Crippen LogP contribution in [0, 0.1) is 0 Å². The Hall–Kier alpha value is -4.06. The molecule has 6 heteroatoms. The van der Waals surface area contributed by atoms with Crippen molar-refractivity contribution in [3.8, 4) is 22.6 Å². The monoisotopic (exact) mass is 427 g/mol. The maximum Gasteiger partial charge on any atom is 0.319 e. The zero-order valence-electron chi connectivity index (χ0n) is 18.1. The summed E-state index contributed by atoms with van der Waals surface area (Å²) in [6, 6.07) is 21.1. The fourth-order valence-corrected chi connectivity index (χ4v) is 3.60. The van der Waals surface area contributed by atoms with Gasteiger partial charge in [-0.15, -0.1) is 0 Å². The van der Waals surface area contributed by atoms with Gasteiger partial charge in [0, 0.05) is 36.1 Å². The number of ether oxygens (including phenoxy) is 2. The van der Waals surface area contributed by atoms with Gasteiger partial charge in [-0.2, -0.15) is 0 Å². The second-order valence-corrected chi connectivity index (χ2v) is 7.19. The molecule has 162 valence electrons. The number of aromatic nitrogens is 1. The summed E-state index contributed by atoms with van der Waals surface area (Å²) in [7, 11) is 1.59. The van der Waals surface area contributed by atoms with Crippen molar-refractivity contribution in [1.29, 1.82) is 0 Å². The van der Waals surface area contributed by atoms with Crippen molar-refractivity contribution in [2.75, 3.05) is 19.0 Å². The lowest BCUT2D eigenvalue weighted by atomic mass is 9.96. The van der Waals surface area contributed by atoms with E-state index >= 15 is 0 Å². The molecule has 2 amide bonds. The van der Waals surface area contributed by atoms with E-state index in [1.807, 2.05) is 55.6 Å². The fourth-order valence-electron chi connectivity index (χ4n) is 3.60. The van der Waals surface area contributed by atoms with E-state index in [0.717, 1.165) is 33.2 Å². The molecule has 1 heterocycles. The first-order valence-corrected chi connectivity index (χ1v) is 10.5. The number of hydrogen-bond acceptors (Lipinski definition) is 4. The number of urea groups is 1. The van der Waals surface area contributed by atoms with Gasteiger partial charge in [0.2, 0.25) is 0 Å². The van der Waals surface area contributed by atoms with Crippen molar-refractivity contribution in [3.63, 3.8) is 0 Å². The van der Waals surface area contributed by atoms with Gasteiger partial charge in [0.1, 0.15) is 11.5 Å². The molecule has 0 radical (unpaired) electrons. The predicted octanol–water partition coefficient (Wildman–Crippen LogP) is 5.63. The molecule has 0 aliphatic heterocycles. The van der Waals surface area contributed by atoms with Crippen LogP contribution in [-0.4, -0.2) is 24.7 Å². The lowest BCUT2D eigenvalue weighted by molar-refractivity contribution is 0.252. The van der Waals surface area contributed by atoms with Crippen LogP contribution in [-0.2, 0) is 6.54 Å². The number of nitrogens with zero attached hydrogens (tertiary/aromatic N) is 1. The van der Waals surface area contributed by atoms with Gasteiger partial charge in [-0.3, -0.25) is 4.98 Å². The Morgan fingerprint density at radius 1 is 0.969 bits per heavy atom. The molecule has 0 aliphatic rings. The van der Waals surface area contributed by atoms with Crippen LogP contribution in [0.1, 0.15) is 12.5 Å². The second kappa shape index (κ2) is 9.83. The second-order valence-electron chi connectivity index (χ2n) is 7.19. The zero-order valence-corrected chi connectivity index (χ0v) is 18.1. The Morgan fingerprint density at radius 3 is 2.59 bits per heavy atom. The Labute approximate surface area is 187 Å². The summed E-state index contributed by atoms with van der Waals surface area (Å²) in [5.74, 6) is 1.54. The average molecular weight is 428 g/mol. The maximum atomic E-state index is 12.4. The Bertz CT molecular complexity index is 1220. The van der Waals surface area contributed by atoms with E-state index in [2.05, 4.69) is 33.8 Å². The summed E-state index contributed by atoms with van der Waals surface area (Å²) in [6.07, 6.45) is 3.62. The quantitative estimate of drug-likeness (QED) is 0.401. The van der Waals surface area contributed by atoms with E-state index < -0.39 is 0 Å². The van der Waals surface area contributed by atoms with Crippen molar-refractivity contribution in [3.05, 3.63) is 84.7 Å².